The van der Waals surface area contributed by atoms with Crippen LogP contribution in [0.25, 0.3) is 6.08 Å². The fourth-order valence-corrected chi connectivity index (χ4v) is 1.50. The molecule has 0 radical (unpaired) electrons. The number of pyridine rings is 1. The molecule has 1 N–H and O–H groups in total. The Labute approximate surface area is 104 Å². The summed E-state index contributed by atoms with van der Waals surface area (Å²) in [5.41, 5.74) is 3.60. The predicted molar refractivity (Wildman–Crippen MR) is 72.0 cm³/mol. The molecule has 0 amide bonds. The molecule has 0 spiro atoms. The van der Waals surface area contributed by atoms with E-state index < -0.39 is 0 Å². The minimum Gasteiger partial charge on any atom is -0.383 e. The van der Waals surface area contributed by atoms with Crippen LogP contribution >= 0.6 is 0 Å². The number of hydrogen-bond acceptors (Lipinski definition) is 3. The summed E-state index contributed by atoms with van der Waals surface area (Å²) in [6.45, 7) is 6.72. The molecule has 0 fully saturated rings. The normalized spacial score (nSPS) is 11.8. The second-order valence-electron chi connectivity index (χ2n) is 4.06. The van der Waals surface area contributed by atoms with Crippen molar-refractivity contribution < 1.29 is 4.74 Å². The summed E-state index contributed by atoms with van der Waals surface area (Å²) in [6.07, 6.45) is 5.17. The number of rotatable bonds is 7. The van der Waals surface area contributed by atoms with Crippen LogP contribution in [0.5, 0.6) is 0 Å². The minimum atomic E-state index is 0.753. The topological polar surface area (TPSA) is 34.2 Å². The third-order valence-electron chi connectivity index (χ3n) is 2.59. The van der Waals surface area contributed by atoms with E-state index >= 15 is 0 Å². The molecule has 0 saturated heterocycles. The van der Waals surface area contributed by atoms with Gasteiger partial charge in [-0.2, -0.15) is 0 Å². The first-order chi connectivity index (χ1) is 8.26. The Bertz CT molecular complexity index is 344. The molecule has 0 bridgehead atoms. The molecule has 0 unspecified atom stereocenters. The van der Waals surface area contributed by atoms with Gasteiger partial charge in [-0.05, 0) is 25.0 Å². The molecule has 0 aromatic carbocycles. The molecule has 0 atom stereocenters. The Hall–Kier alpha value is -1.19. The monoisotopic (exact) mass is 234 g/mol. The van der Waals surface area contributed by atoms with E-state index in [1.165, 1.54) is 11.1 Å². The van der Waals surface area contributed by atoms with Gasteiger partial charge in [0.2, 0.25) is 0 Å². The number of nitrogens with one attached hydrogen (secondary N) is 1. The Morgan fingerprint density at radius 2 is 2.29 bits per heavy atom. The number of nitrogens with zero attached hydrogens (tertiary/aromatic N) is 1. The van der Waals surface area contributed by atoms with E-state index in [1.54, 1.807) is 7.11 Å². The number of ether oxygens (including phenoxy) is 1. The van der Waals surface area contributed by atoms with E-state index in [-0.39, 0.29) is 0 Å². The van der Waals surface area contributed by atoms with Crippen LogP contribution in [0, 0.1) is 6.92 Å². The number of methoxy groups -OCH3 is 1. The molecule has 0 saturated carbocycles. The van der Waals surface area contributed by atoms with E-state index in [1.807, 2.05) is 19.2 Å². The van der Waals surface area contributed by atoms with Gasteiger partial charge in [0.05, 0.1) is 6.61 Å². The highest BCUT2D eigenvalue weighted by molar-refractivity contribution is 5.52. The van der Waals surface area contributed by atoms with Crippen LogP contribution in [0.1, 0.15) is 24.6 Å². The third kappa shape index (κ3) is 5.61. The summed E-state index contributed by atoms with van der Waals surface area (Å²) in [4.78, 5) is 4.29. The fraction of sp³-hybridized carbons (Fsp3) is 0.500. The lowest BCUT2D eigenvalue weighted by atomic mass is 10.1. The minimum absolute atomic E-state index is 0.753. The average Bonchev–Trinajstić information content (AvgIpc) is 2.35. The highest BCUT2D eigenvalue weighted by Gasteiger charge is 1.96. The zero-order valence-electron chi connectivity index (χ0n) is 11.0. The molecule has 0 aliphatic heterocycles. The van der Waals surface area contributed by atoms with Gasteiger partial charge in [0.1, 0.15) is 0 Å². The van der Waals surface area contributed by atoms with Crippen molar-refractivity contribution >= 4 is 6.08 Å². The van der Waals surface area contributed by atoms with Gasteiger partial charge in [-0.3, -0.25) is 4.98 Å². The van der Waals surface area contributed by atoms with Gasteiger partial charge in [0.25, 0.3) is 0 Å². The standard InChI is InChI=1S/C14H22N2O/c1-4-13(10-15-7-8-17-3)9-14-6-5-12(2)16-11-14/h5-6,9,11,15H,4,7-8,10H2,1-3H3/b13-9-. The largest absolute Gasteiger partial charge is 0.383 e. The van der Waals surface area contributed by atoms with Crippen LogP contribution in [0.2, 0.25) is 0 Å². The number of aryl methyl sites for hydroxylation is 1. The highest BCUT2D eigenvalue weighted by atomic mass is 16.5. The van der Waals surface area contributed by atoms with Crippen LogP contribution in [-0.2, 0) is 4.74 Å². The first-order valence-corrected chi connectivity index (χ1v) is 6.08. The highest BCUT2D eigenvalue weighted by Crippen LogP contribution is 2.08. The first-order valence-electron chi connectivity index (χ1n) is 6.08. The van der Waals surface area contributed by atoms with E-state index in [0.29, 0.717) is 0 Å². The van der Waals surface area contributed by atoms with Gasteiger partial charge in [-0.15, -0.1) is 0 Å². The number of hydrogen-bond donors (Lipinski definition) is 1. The summed E-state index contributed by atoms with van der Waals surface area (Å²) in [5, 5.41) is 3.36. The Balaban J connectivity index is 2.51. The second kappa shape index (κ2) is 7.98. The molecule has 1 aromatic rings. The summed E-state index contributed by atoms with van der Waals surface area (Å²) in [7, 11) is 1.72. The van der Waals surface area contributed by atoms with Crippen LogP contribution in [0.15, 0.2) is 23.9 Å². The summed E-state index contributed by atoms with van der Waals surface area (Å²) >= 11 is 0. The maximum atomic E-state index is 5.00. The molecule has 1 aromatic heterocycles. The zero-order valence-corrected chi connectivity index (χ0v) is 11.0. The Morgan fingerprint density at radius 3 is 2.88 bits per heavy atom. The maximum absolute atomic E-state index is 5.00. The molecular formula is C14H22N2O. The molecule has 3 heteroatoms. The second-order valence-corrected chi connectivity index (χ2v) is 4.06. The van der Waals surface area contributed by atoms with E-state index in [4.69, 9.17) is 4.74 Å². The molecule has 1 rings (SSSR count). The van der Waals surface area contributed by atoms with Crippen molar-refractivity contribution in [3.8, 4) is 0 Å². The van der Waals surface area contributed by atoms with Gasteiger partial charge in [-0.1, -0.05) is 24.6 Å². The Kier molecular flexibility index (Phi) is 6.51. The average molecular weight is 234 g/mol. The molecule has 0 aliphatic carbocycles. The summed E-state index contributed by atoms with van der Waals surface area (Å²) < 4.78 is 5.00. The third-order valence-corrected chi connectivity index (χ3v) is 2.59. The van der Waals surface area contributed by atoms with Gasteiger partial charge in [0.15, 0.2) is 0 Å². The Morgan fingerprint density at radius 1 is 1.47 bits per heavy atom. The van der Waals surface area contributed by atoms with Gasteiger partial charge in [-0.25, -0.2) is 0 Å². The molecule has 3 nitrogen and oxygen atoms in total. The van der Waals surface area contributed by atoms with E-state index in [9.17, 15) is 0 Å². The van der Waals surface area contributed by atoms with Crippen molar-refractivity contribution in [1.82, 2.24) is 10.3 Å². The molecule has 94 valence electrons. The van der Waals surface area contributed by atoms with Gasteiger partial charge < -0.3 is 10.1 Å². The quantitative estimate of drug-likeness (QED) is 0.736. The smallest absolute Gasteiger partial charge is 0.0587 e. The molecule has 0 aliphatic rings. The molecule has 1 heterocycles. The van der Waals surface area contributed by atoms with E-state index in [0.717, 1.165) is 31.8 Å². The maximum Gasteiger partial charge on any atom is 0.0587 e. The summed E-state index contributed by atoms with van der Waals surface area (Å²) in [6, 6.07) is 4.14. The van der Waals surface area contributed by atoms with Gasteiger partial charge >= 0.3 is 0 Å². The van der Waals surface area contributed by atoms with Crippen LogP contribution in [0.4, 0.5) is 0 Å². The van der Waals surface area contributed by atoms with Crippen molar-refractivity contribution in [1.29, 1.82) is 0 Å². The molecular weight excluding hydrogens is 212 g/mol. The van der Waals surface area contributed by atoms with Crippen molar-refractivity contribution in [2.24, 2.45) is 0 Å². The van der Waals surface area contributed by atoms with Crippen molar-refractivity contribution in [3.05, 3.63) is 35.2 Å². The zero-order chi connectivity index (χ0) is 12.5. The fourth-order valence-electron chi connectivity index (χ4n) is 1.50. The van der Waals surface area contributed by atoms with Crippen molar-refractivity contribution in [2.75, 3.05) is 26.8 Å². The van der Waals surface area contributed by atoms with Crippen molar-refractivity contribution in [2.45, 2.75) is 20.3 Å². The van der Waals surface area contributed by atoms with Crippen LogP contribution in [0.3, 0.4) is 0 Å². The lowest BCUT2D eigenvalue weighted by Crippen LogP contribution is -2.21. The van der Waals surface area contributed by atoms with Crippen molar-refractivity contribution in [3.63, 3.8) is 0 Å². The number of aromatic nitrogens is 1. The van der Waals surface area contributed by atoms with Crippen LogP contribution < -0.4 is 5.32 Å². The SMILES string of the molecule is CC/C(=C/c1ccc(C)nc1)CNCCOC. The predicted octanol–water partition coefficient (Wildman–Crippen LogP) is 2.42. The van der Waals surface area contributed by atoms with E-state index in [2.05, 4.69) is 29.4 Å². The first kappa shape index (κ1) is 13.9. The molecule has 17 heavy (non-hydrogen) atoms. The lowest BCUT2D eigenvalue weighted by molar-refractivity contribution is 0.200. The summed E-state index contributed by atoms with van der Waals surface area (Å²) in [5.74, 6) is 0. The van der Waals surface area contributed by atoms with Crippen LogP contribution in [-0.4, -0.2) is 31.8 Å². The van der Waals surface area contributed by atoms with Gasteiger partial charge in [0, 0.05) is 32.1 Å². The lowest BCUT2D eigenvalue weighted by Gasteiger charge is -2.07.